The zero-order valence-electron chi connectivity index (χ0n) is 16.5. The molecule has 2 N–H and O–H groups in total. The van der Waals surface area contributed by atoms with Gasteiger partial charge in [-0.05, 0) is 57.4 Å². The number of nitrogens with one attached hydrogen (secondary N) is 2. The highest BCUT2D eigenvalue weighted by Gasteiger charge is 2.25. The van der Waals surface area contributed by atoms with Crippen molar-refractivity contribution >= 4 is 30.7 Å². The Hall–Kier alpha value is -1.67. The molecule has 1 amide bonds. The first-order valence-electron chi connectivity index (χ1n) is 10.0. The summed E-state index contributed by atoms with van der Waals surface area (Å²) in [6.45, 7) is 4.73. The summed E-state index contributed by atoms with van der Waals surface area (Å²) in [7, 11) is 0. The SMILES string of the molecule is Cl.Cl.O=C(NCC(c1ccccc1)N1CCCC1)c1cn(C2CCNCC2)nn1. The van der Waals surface area contributed by atoms with Crippen molar-refractivity contribution in [2.45, 2.75) is 37.8 Å². The maximum Gasteiger partial charge on any atom is 0.273 e. The summed E-state index contributed by atoms with van der Waals surface area (Å²) in [5, 5.41) is 14.7. The quantitative estimate of drug-likeness (QED) is 0.721. The van der Waals surface area contributed by atoms with Crippen LogP contribution in [0.1, 0.15) is 53.8 Å². The Morgan fingerprint density at radius 3 is 2.52 bits per heavy atom. The molecular weight excluding hydrogens is 411 g/mol. The fourth-order valence-corrected chi connectivity index (χ4v) is 4.10. The van der Waals surface area contributed by atoms with E-state index in [0.717, 1.165) is 39.0 Å². The smallest absolute Gasteiger partial charge is 0.273 e. The van der Waals surface area contributed by atoms with E-state index in [4.69, 9.17) is 0 Å². The van der Waals surface area contributed by atoms with Crippen LogP contribution in [0, 0.1) is 0 Å². The second kappa shape index (κ2) is 11.5. The van der Waals surface area contributed by atoms with Crippen molar-refractivity contribution in [3.8, 4) is 0 Å². The number of aromatic nitrogens is 3. The third-order valence-corrected chi connectivity index (χ3v) is 5.65. The predicted molar refractivity (Wildman–Crippen MR) is 118 cm³/mol. The van der Waals surface area contributed by atoms with Gasteiger partial charge in [0.1, 0.15) is 0 Å². The van der Waals surface area contributed by atoms with E-state index in [-0.39, 0.29) is 36.8 Å². The number of hydrogen-bond acceptors (Lipinski definition) is 5. The van der Waals surface area contributed by atoms with Crippen molar-refractivity contribution in [3.63, 3.8) is 0 Å². The molecule has 1 aromatic heterocycles. The first-order chi connectivity index (χ1) is 13.3. The average molecular weight is 441 g/mol. The molecule has 2 aliphatic heterocycles. The second-order valence-corrected chi connectivity index (χ2v) is 7.44. The number of carbonyl (C=O) groups excluding carboxylic acids is 1. The number of piperidine rings is 1. The van der Waals surface area contributed by atoms with E-state index in [9.17, 15) is 4.79 Å². The van der Waals surface area contributed by atoms with Crippen LogP contribution in [-0.4, -0.2) is 58.5 Å². The number of hydrogen-bond donors (Lipinski definition) is 2. The summed E-state index contributed by atoms with van der Waals surface area (Å²) in [6.07, 6.45) is 6.29. The highest BCUT2D eigenvalue weighted by Crippen LogP contribution is 2.24. The van der Waals surface area contributed by atoms with Crippen molar-refractivity contribution in [2.75, 3.05) is 32.7 Å². The Morgan fingerprint density at radius 1 is 1.14 bits per heavy atom. The van der Waals surface area contributed by atoms with Crippen molar-refractivity contribution in [3.05, 3.63) is 47.8 Å². The van der Waals surface area contributed by atoms with Crippen molar-refractivity contribution < 1.29 is 4.79 Å². The first-order valence-corrected chi connectivity index (χ1v) is 10.0. The molecule has 0 bridgehead atoms. The lowest BCUT2D eigenvalue weighted by Crippen LogP contribution is -2.37. The fourth-order valence-electron chi connectivity index (χ4n) is 4.10. The number of benzene rings is 1. The molecule has 0 radical (unpaired) electrons. The van der Waals surface area contributed by atoms with Crippen LogP contribution in [0.25, 0.3) is 0 Å². The van der Waals surface area contributed by atoms with E-state index in [0.29, 0.717) is 18.3 Å². The molecular formula is C20H30Cl2N6O. The van der Waals surface area contributed by atoms with Gasteiger partial charge in [-0.25, -0.2) is 4.68 Å². The van der Waals surface area contributed by atoms with Gasteiger partial charge in [-0.1, -0.05) is 35.5 Å². The van der Waals surface area contributed by atoms with Crippen LogP contribution in [0.15, 0.2) is 36.5 Å². The largest absolute Gasteiger partial charge is 0.349 e. The van der Waals surface area contributed by atoms with E-state index in [2.05, 4.69) is 50.1 Å². The zero-order valence-corrected chi connectivity index (χ0v) is 18.1. The molecule has 9 heteroatoms. The van der Waals surface area contributed by atoms with Crippen LogP contribution >= 0.6 is 24.8 Å². The van der Waals surface area contributed by atoms with Crippen LogP contribution in [0.5, 0.6) is 0 Å². The summed E-state index contributed by atoms with van der Waals surface area (Å²) < 4.78 is 1.85. The summed E-state index contributed by atoms with van der Waals surface area (Å²) in [5.41, 5.74) is 1.65. The fraction of sp³-hybridized carbons (Fsp3) is 0.550. The number of likely N-dealkylation sites (tertiary alicyclic amines) is 1. The highest BCUT2D eigenvalue weighted by molar-refractivity contribution is 5.91. The summed E-state index contributed by atoms with van der Waals surface area (Å²) >= 11 is 0. The lowest BCUT2D eigenvalue weighted by molar-refractivity contribution is 0.0933. The van der Waals surface area contributed by atoms with Gasteiger partial charge in [-0.3, -0.25) is 9.69 Å². The van der Waals surface area contributed by atoms with E-state index in [1.54, 1.807) is 6.20 Å². The Kier molecular flexibility index (Phi) is 9.36. The van der Waals surface area contributed by atoms with E-state index in [1.165, 1.54) is 18.4 Å². The molecule has 0 spiro atoms. The molecule has 1 unspecified atom stereocenters. The molecule has 160 valence electrons. The maximum atomic E-state index is 12.6. The topological polar surface area (TPSA) is 75.1 Å². The molecule has 1 aromatic carbocycles. The van der Waals surface area contributed by atoms with Gasteiger partial charge in [0.05, 0.1) is 18.3 Å². The first kappa shape index (κ1) is 23.6. The minimum atomic E-state index is -0.143. The molecule has 7 nitrogen and oxygen atoms in total. The van der Waals surface area contributed by atoms with Crippen molar-refractivity contribution in [2.24, 2.45) is 0 Å². The van der Waals surface area contributed by atoms with Gasteiger partial charge in [0.25, 0.3) is 5.91 Å². The normalized spacial score (nSPS) is 18.5. The lowest BCUT2D eigenvalue weighted by Gasteiger charge is -2.28. The number of carbonyl (C=O) groups is 1. The Morgan fingerprint density at radius 2 is 1.83 bits per heavy atom. The standard InChI is InChI=1S/C20H28N6O.2ClH/c27-20(18-15-26(24-23-18)17-8-10-21-11-9-17)22-14-19(25-12-4-5-13-25)16-6-2-1-3-7-16;;/h1-3,6-7,15,17,19,21H,4-5,8-14H2,(H,22,27);2*1H. The average Bonchev–Trinajstić information content (AvgIpc) is 3.42. The van der Waals surface area contributed by atoms with Gasteiger partial charge >= 0.3 is 0 Å². The Bertz CT molecular complexity index is 744. The minimum absolute atomic E-state index is 0. The molecule has 0 aliphatic carbocycles. The summed E-state index contributed by atoms with van der Waals surface area (Å²) in [5.74, 6) is -0.143. The van der Waals surface area contributed by atoms with E-state index in [1.807, 2.05) is 10.7 Å². The molecule has 2 aromatic rings. The molecule has 2 saturated heterocycles. The molecule has 2 aliphatic rings. The minimum Gasteiger partial charge on any atom is -0.349 e. The van der Waals surface area contributed by atoms with Crippen LogP contribution in [0.3, 0.4) is 0 Å². The maximum absolute atomic E-state index is 12.6. The molecule has 29 heavy (non-hydrogen) atoms. The molecule has 4 rings (SSSR count). The van der Waals surface area contributed by atoms with Gasteiger partial charge < -0.3 is 10.6 Å². The van der Waals surface area contributed by atoms with Crippen molar-refractivity contribution in [1.29, 1.82) is 0 Å². The lowest BCUT2D eigenvalue weighted by atomic mass is 10.1. The third-order valence-electron chi connectivity index (χ3n) is 5.65. The number of rotatable bonds is 6. The number of nitrogens with zero attached hydrogens (tertiary/aromatic N) is 4. The summed E-state index contributed by atoms with van der Waals surface area (Å²) in [4.78, 5) is 15.1. The van der Waals surface area contributed by atoms with Crippen molar-refractivity contribution in [1.82, 2.24) is 30.5 Å². The number of halogens is 2. The van der Waals surface area contributed by atoms with Gasteiger partial charge in [0.2, 0.25) is 0 Å². The van der Waals surface area contributed by atoms with E-state index < -0.39 is 0 Å². The zero-order chi connectivity index (χ0) is 18.5. The predicted octanol–water partition coefficient (Wildman–Crippen LogP) is 2.61. The van der Waals surface area contributed by atoms with Crippen LogP contribution in [0.2, 0.25) is 0 Å². The highest BCUT2D eigenvalue weighted by atomic mass is 35.5. The second-order valence-electron chi connectivity index (χ2n) is 7.44. The Labute approximate surface area is 184 Å². The molecule has 3 heterocycles. The Balaban J connectivity index is 0.00000150. The number of amides is 1. The third kappa shape index (κ3) is 5.92. The van der Waals surface area contributed by atoms with Crippen LogP contribution < -0.4 is 10.6 Å². The summed E-state index contributed by atoms with van der Waals surface area (Å²) in [6, 6.07) is 11.0. The molecule has 1 atom stereocenters. The van der Waals surface area contributed by atoms with Crippen LogP contribution in [0.4, 0.5) is 0 Å². The molecule has 2 fully saturated rings. The van der Waals surface area contributed by atoms with Gasteiger partial charge in [-0.15, -0.1) is 29.9 Å². The van der Waals surface area contributed by atoms with Gasteiger partial charge in [-0.2, -0.15) is 0 Å². The monoisotopic (exact) mass is 440 g/mol. The van der Waals surface area contributed by atoms with Gasteiger partial charge in [0, 0.05) is 6.54 Å². The molecule has 0 saturated carbocycles. The van der Waals surface area contributed by atoms with E-state index >= 15 is 0 Å². The van der Waals surface area contributed by atoms with Crippen LogP contribution in [-0.2, 0) is 0 Å². The van der Waals surface area contributed by atoms with Gasteiger partial charge in [0.15, 0.2) is 5.69 Å².